The van der Waals surface area contributed by atoms with Crippen LogP contribution in [0.3, 0.4) is 0 Å². The van der Waals surface area contributed by atoms with E-state index >= 15 is 0 Å². The zero-order valence-electron chi connectivity index (χ0n) is 10.9. The predicted molar refractivity (Wildman–Crippen MR) is 64.7 cm³/mol. The maximum Gasteiger partial charge on any atom is 0.308 e. The number of hydrogen-bond acceptors (Lipinski definition) is 3. The van der Waals surface area contributed by atoms with E-state index in [-0.39, 0.29) is 12.5 Å². The molecule has 5 nitrogen and oxygen atoms in total. The second-order valence-electron chi connectivity index (χ2n) is 4.57. The third-order valence-electron chi connectivity index (χ3n) is 2.40. The molecule has 0 saturated carbocycles. The molecule has 0 aliphatic heterocycles. The molecule has 0 aliphatic carbocycles. The molecule has 0 aromatic heterocycles. The average molecular weight is 245 g/mol. The summed E-state index contributed by atoms with van der Waals surface area (Å²) in [6.45, 7) is 4.69. The molecule has 1 atom stereocenters. The number of carboxylic acid groups (broad SMARTS) is 1. The van der Waals surface area contributed by atoms with E-state index in [0.29, 0.717) is 31.8 Å². The van der Waals surface area contributed by atoms with Gasteiger partial charge in [-0.25, -0.2) is 0 Å². The highest BCUT2D eigenvalue weighted by atomic mass is 16.5. The number of hydrogen-bond donors (Lipinski definition) is 2. The van der Waals surface area contributed by atoms with Gasteiger partial charge in [-0.2, -0.15) is 0 Å². The van der Waals surface area contributed by atoms with Gasteiger partial charge in [0.25, 0.3) is 0 Å². The van der Waals surface area contributed by atoms with Crippen molar-refractivity contribution in [3.8, 4) is 0 Å². The molecular formula is C12H23NO4. The lowest BCUT2D eigenvalue weighted by molar-refractivity contribution is -0.142. The number of carboxylic acids is 1. The Kier molecular flexibility index (Phi) is 8.40. The van der Waals surface area contributed by atoms with E-state index in [9.17, 15) is 9.59 Å². The lowest BCUT2D eigenvalue weighted by atomic mass is 9.97. The lowest BCUT2D eigenvalue weighted by Gasteiger charge is -2.15. The third-order valence-corrected chi connectivity index (χ3v) is 2.40. The van der Waals surface area contributed by atoms with Crippen molar-refractivity contribution in [2.45, 2.75) is 33.1 Å². The summed E-state index contributed by atoms with van der Waals surface area (Å²) in [5.74, 6) is -1.16. The number of methoxy groups -OCH3 is 1. The maximum absolute atomic E-state index is 11.4. The van der Waals surface area contributed by atoms with E-state index in [2.05, 4.69) is 5.32 Å². The monoisotopic (exact) mass is 245 g/mol. The number of nitrogens with one attached hydrogen (secondary N) is 1. The summed E-state index contributed by atoms with van der Waals surface area (Å²) in [7, 11) is 1.58. The number of carbonyl (C=O) groups is 2. The normalized spacial score (nSPS) is 12.5. The number of amides is 1. The highest BCUT2D eigenvalue weighted by Gasteiger charge is 2.19. The maximum atomic E-state index is 11.4. The Morgan fingerprint density at radius 1 is 1.35 bits per heavy atom. The lowest BCUT2D eigenvalue weighted by Crippen LogP contribution is -2.33. The van der Waals surface area contributed by atoms with Crippen LogP contribution in [-0.2, 0) is 14.3 Å². The summed E-state index contributed by atoms with van der Waals surface area (Å²) in [5, 5.41) is 11.6. The first kappa shape index (κ1) is 15.9. The van der Waals surface area contributed by atoms with Crippen LogP contribution in [0.5, 0.6) is 0 Å². The molecule has 0 bridgehead atoms. The SMILES string of the molecule is COCCCC(=O)NCC(CC(C)C)C(=O)O. The summed E-state index contributed by atoms with van der Waals surface area (Å²) in [5.41, 5.74) is 0. The molecule has 0 spiro atoms. The van der Waals surface area contributed by atoms with Crippen molar-refractivity contribution in [2.75, 3.05) is 20.3 Å². The molecule has 1 unspecified atom stereocenters. The number of carbonyl (C=O) groups excluding carboxylic acids is 1. The molecule has 0 heterocycles. The fourth-order valence-electron chi connectivity index (χ4n) is 1.54. The van der Waals surface area contributed by atoms with Crippen molar-refractivity contribution < 1.29 is 19.4 Å². The largest absolute Gasteiger partial charge is 0.481 e. The fraction of sp³-hybridized carbons (Fsp3) is 0.833. The first-order valence-corrected chi connectivity index (χ1v) is 5.95. The van der Waals surface area contributed by atoms with Crippen molar-refractivity contribution in [2.24, 2.45) is 11.8 Å². The summed E-state index contributed by atoms with van der Waals surface area (Å²) in [6.07, 6.45) is 1.61. The van der Waals surface area contributed by atoms with Gasteiger partial charge in [0.05, 0.1) is 5.92 Å². The minimum absolute atomic E-state index is 0.114. The van der Waals surface area contributed by atoms with Gasteiger partial charge >= 0.3 is 5.97 Å². The molecule has 0 saturated heterocycles. The van der Waals surface area contributed by atoms with Gasteiger partial charge in [0.2, 0.25) is 5.91 Å². The molecule has 0 aliphatic rings. The van der Waals surface area contributed by atoms with Crippen LogP contribution in [-0.4, -0.2) is 37.2 Å². The molecule has 100 valence electrons. The van der Waals surface area contributed by atoms with E-state index in [1.807, 2.05) is 13.8 Å². The van der Waals surface area contributed by atoms with Gasteiger partial charge in [-0.3, -0.25) is 9.59 Å². The number of rotatable bonds is 9. The molecule has 1 amide bonds. The van der Waals surface area contributed by atoms with Gasteiger partial charge in [0.1, 0.15) is 0 Å². The van der Waals surface area contributed by atoms with E-state index in [1.165, 1.54) is 0 Å². The van der Waals surface area contributed by atoms with E-state index in [4.69, 9.17) is 9.84 Å². The summed E-state index contributed by atoms with van der Waals surface area (Å²) in [6, 6.07) is 0. The zero-order chi connectivity index (χ0) is 13.3. The van der Waals surface area contributed by atoms with Crippen LogP contribution in [0.15, 0.2) is 0 Å². The van der Waals surface area contributed by atoms with Gasteiger partial charge < -0.3 is 15.2 Å². The fourth-order valence-corrected chi connectivity index (χ4v) is 1.54. The van der Waals surface area contributed by atoms with Crippen molar-refractivity contribution in [1.82, 2.24) is 5.32 Å². The number of ether oxygens (including phenoxy) is 1. The third kappa shape index (κ3) is 8.68. The van der Waals surface area contributed by atoms with E-state index in [0.717, 1.165) is 0 Å². The molecule has 2 N–H and O–H groups in total. The van der Waals surface area contributed by atoms with Gasteiger partial charge in [-0.05, 0) is 18.8 Å². The first-order chi connectivity index (χ1) is 7.97. The van der Waals surface area contributed by atoms with Crippen LogP contribution >= 0.6 is 0 Å². The predicted octanol–water partition coefficient (Wildman–Crippen LogP) is 1.28. The quantitative estimate of drug-likeness (QED) is 0.600. The Labute approximate surface area is 103 Å². The van der Waals surface area contributed by atoms with E-state index < -0.39 is 11.9 Å². The van der Waals surface area contributed by atoms with Crippen molar-refractivity contribution in [3.05, 3.63) is 0 Å². The molecule has 0 aromatic rings. The Bertz CT molecular complexity index is 241. The second-order valence-corrected chi connectivity index (χ2v) is 4.57. The van der Waals surface area contributed by atoms with Gasteiger partial charge in [-0.1, -0.05) is 13.8 Å². The summed E-state index contributed by atoms with van der Waals surface area (Å²) < 4.78 is 4.83. The van der Waals surface area contributed by atoms with E-state index in [1.54, 1.807) is 7.11 Å². The highest BCUT2D eigenvalue weighted by Crippen LogP contribution is 2.11. The highest BCUT2D eigenvalue weighted by molar-refractivity contribution is 5.77. The molecule has 0 fully saturated rings. The summed E-state index contributed by atoms with van der Waals surface area (Å²) >= 11 is 0. The zero-order valence-corrected chi connectivity index (χ0v) is 10.9. The average Bonchev–Trinajstić information content (AvgIpc) is 2.23. The topological polar surface area (TPSA) is 75.6 Å². The summed E-state index contributed by atoms with van der Waals surface area (Å²) in [4.78, 5) is 22.3. The van der Waals surface area contributed by atoms with Crippen molar-refractivity contribution in [3.63, 3.8) is 0 Å². The molecule has 0 rings (SSSR count). The minimum atomic E-state index is -0.851. The Morgan fingerprint density at radius 2 is 2.00 bits per heavy atom. The second kappa shape index (κ2) is 8.98. The smallest absolute Gasteiger partial charge is 0.308 e. The standard InChI is InChI=1S/C12H23NO4/c1-9(2)7-10(12(15)16)8-13-11(14)5-4-6-17-3/h9-10H,4-8H2,1-3H3,(H,13,14)(H,15,16). The van der Waals surface area contributed by atoms with Crippen LogP contribution in [0, 0.1) is 11.8 Å². The minimum Gasteiger partial charge on any atom is -0.481 e. The molecular weight excluding hydrogens is 222 g/mol. The van der Waals surface area contributed by atoms with Crippen molar-refractivity contribution >= 4 is 11.9 Å². The molecule has 17 heavy (non-hydrogen) atoms. The van der Waals surface area contributed by atoms with Gasteiger partial charge in [-0.15, -0.1) is 0 Å². The van der Waals surface area contributed by atoms with Gasteiger partial charge in [0.15, 0.2) is 0 Å². The van der Waals surface area contributed by atoms with Crippen LogP contribution in [0.25, 0.3) is 0 Å². The van der Waals surface area contributed by atoms with Crippen LogP contribution < -0.4 is 5.32 Å². The molecule has 0 aromatic carbocycles. The van der Waals surface area contributed by atoms with Crippen molar-refractivity contribution in [1.29, 1.82) is 0 Å². The number of aliphatic carboxylic acids is 1. The van der Waals surface area contributed by atoms with Gasteiger partial charge in [0, 0.05) is 26.7 Å². The Balaban J connectivity index is 3.87. The van der Waals surface area contributed by atoms with Crippen LogP contribution in [0.1, 0.15) is 33.1 Å². The Hall–Kier alpha value is -1.10. The first-order valence-electron chi connectivity index (χ1n) is 5.95. The van der Waals surface area contributed by atoms with Crippen LogP contribution in [0.2, 0.25) is 0 Å². The molecule has 0 radical (unpaired) electrons. The Morgan fingerprint density at radius 3 is 2.47 bits per heavy atom. The molecule has 5 heteroatoms. The van der Waals surface area contributed by atoms with Crippen LogP contribution in [0.4, 0.5) is 0 Å².